The number of aryl methyl sites for hydroxylation is 1. The number of primary amides is 1. The van der Waals surface area contributed by atoms with Crippen LogP contribution >= 0.6 is 11.6 Å². The van der Waals surface area contributed by atoms with E-state index < -0.39 is 11.9 Å². The van der Waals surface area contributed by atoms with Crippen molar-refractivity contribution in [3.63, 3.8) is 0 Å². The maximum atomic E-state index is 12.9. The molecule has 3 heterocycles. The minimum absolute atomic E-state index is 0.0397. The number of hydrogen-bond donors (Lipinski definition) is 3. The van der Waals surface area contributed by atoms with Crippen LogP contribution in [0.4, 0.5) is 0 Å². The largest absolute Gasteiger partial charge is 0.368 e. The molecular weight excluding hydrogens is 392 g/mol. The second-order valence-electron chi connectivity index (χ2n) is 7.89. The molecule has 2 fully saturated rings. The average Bonchev–Trinajstić information content (AvgIpc) is 3.21. The first-order valence-electron chi connectivity index (χ1n) is 10.2. The van der Waals surface area contributed by atoms with E-state index in [0.29, 0.717) is 37.0 Å². The highest BCUT2D eigenvalue weighted by Crippen LogP contribution is 2.24. The fourth-order valence-corrected chi connectivity index (χ4v) is 4.75. The van der Waals surface area contributed by atoms with Gasteiger partial charge >= 0.3 is 0 Å². The molecule has 2 amide bonds. The van der Waals surface area contributed by atoms with E-state index in [1.807, 2.05) is 12.1 Å². The average molecular weight is 419 g/mol. The van der Waals surface area contributed by atoms with Gasteiger partial charge in [0.2, 0.25) is 11.8 Å². The van der Waals surface area contributed by atoms with Crippen LogP contribution in [0.5, 0.6) is 0 Å². The Hall–Kier alpha value is -2.16. The van der Waals surface area contributed by atoms with Crippen molar-refractivity contribution in [2.24, 2.45) is 5.73 Å². The number of piperidine rings is 1. The summed E-state index contributed by atoms with van der Waals surface area (Å²) in [6.07, 6.45) is 4.72. The summed E-state index contributed by atoms with van der Waals surface area (Å²) in [6, 6.07) is 3.74. The van der Waals surface area contributed by atoms with E-state index >= 15 is 0 Å². The molecule has 0 bridgehead atoms. The molecule has 9 heteroatoms. The van der Waals surface area contributed by atoms with E-state index in [0.717, 1.165) is 48.9 Å². The quantitative estimate of drug-likeness (QED) is 0.668. The summed E-state index contributed by atoms with van der Waals surface area (Å²) in [5.74, 6) is -0.470. The summed E-state index contributed by atoms with van der Waals surface area (Å²) < 4.78 is 0. The van der Waals surface area contributed by atoms with Gasteiger partial charge in [0.25, 0.3) is 0 Å². The number of fused-ring (bicyclic) bond motifs is 1. The third-order valence-electron chi connectivity index (χ3n) is 6.07. The lowest BCUT2D eigenvalue weighted by Crippen LogP contribution is -2.62. The van der Waals surface area contributed by atoms with Crippen molar-refractivity contribution in [1.82, 2.24) is 25.3 Å². The van der Waals surface area contributed by atoms with Crippen molar-refractivity contribution in [3.05, 3.63) is 28.9 Å². The third kappa shape index (κ3) is 4.39. The monoisotopic (exact) mass is 418 g/mol. The first kappa shape index (κ1) is 20.1. The Morgan fingerprint density at radius 1 is 1.24 bits per heavy atom. The standard InChI is InChI=1S/C20H27ClN6O2/c21-16-10-13(9-14-11-24-25-19(14)16)1-2-18(28)27-8-7-26(12-17(27)20(22)29)15-3-5-23-6-4-15/h9-11,15,17,23H,1-8,12H2,(H2,22,29)(H,24,25). The van der Waals surface area contributed by atoms with Gasteiger partial charge in [-0.05, 0) is 50.0 Å². The third-order valence-corrected chi connectivity index (χ3v) is 6.37. The van der Waals surface area contributed by atoms with E-state index in [4.69, 9.17) is 17.3 Å². The van der Waals surface area contributed by atoms with Gasteiger partial charge < -0.3 is 16.0 Å². The molecule has 29 heavy (non-hydrogen) atoms. The Kier molecular flexibility index (Phi) is 6.03. The van der Waals surface area contributed by atoms with Gasteiger partial charge in [-0.2, -0.15) is 5.10 Å². The predicted octanol–water partition coefficient (Wildman–Crippen LogP) is 0.899. The van der Waals surface area contributed by atoms with Gasteiger partial charge in [0.05, 0.1) is 16.7 Å². The van der Waals surface area contributed by atoms with Crippen LogP contribution in [0.1, 0.15) is 24.8 Å². The second kappa shape index (κ2) is 8.69. The SMILES string of the molecule is NC(=O)C1CN(C2CCNCC2)CCN1C(=O)CCc1cc(Cl)c2[nH]ncc2c1. The van der Waals surface area contributed by atoms with Crippen molar-refractivity contribution in [1.29, 1.82) is 0 Å². The Morgan fingerprint density at radius 2 is 2.03 bits per heavy atom. The summed E-state index contributed by atoms with van der Waals surface area (Å²) >= 11 is 6.28. The van der Waals surface area contributed by atoms with Crippen LogP contribution in [0.15, 0.2) is 18.3 Å². The van der Waals surface area contributed by atoms with Gasteiger partial charge in [-0.3, -0.25) is 19.6 Å². The van der Waals surface area contributed by atoms with E-state index in [2.05, 4.69) is 20.4 Å². The molecule has 2 aliphatic heterocycles. The van der Waals surface area contributed by atoms with Crippen molar-refractivity contribution in [2.45, 2.75) is 37.8 Å². The van der Waals surface area contributed by atoms with Crippen LogP contribution in [0, 0.1) is 0 Å². The van der Waals surface area contributed by atoms with Crippen LogP contribution in [0.2, 0.25) is 5.02 Å². The molecule has 0 spiro atoms. The van der Waals surface area contributed by atoms with Crippen LogP contribution < -0.4 is 11.1 Å². The molecule has 156 valence electrons. The summed E-state index contributed by atoms with van der Waals surface area (Å²) in [6.45, 7) is 3.84. The molecule has 1 unspecified atom stereocenters. The number of carbonyl (C=O) groups excluding carboxylic acids is 2. The van der Waals surface area contributed by atoms with Crippen molar-refractivity contribution < 1.29 is 9.59 Å². The van der Waals surface area contributed by atoms with E-state index in [-0.39, 0.29) is 5.91 Å². The Balaban J connectivity index is 1.39. The number of piperazine rings is 1. The van der Waals surface area contributed by atoms with Gasteiger partial charge in [0, 0.05) is 37.5 Å². The number of carbonyl (C=O) groups is 2. The van der Waals surface area contributed by atoms with Crippen molar-refractivity contribution in [3.8, 4) is 0 Å². The van der Waals surface area contributed by atoms with Crippen LogP contribution in [-0.2, 0) is 16.0 Å². The lowest BCUT2D eigenvalue weighted by Gasteiger charge is -2.44. The molecule has 2 aromatic rings. The van der Waals surface area contributed by atoms with Gasteiger partial charge in [0.15, 0.2) is 0 Å². The molecule has 4 rings (SSSR count). The number of halogens is 1. The molecule has 4 N–H and O–H groups in total. The number of rotatable bonds is 5. The minimum Gasteiger partial charge on any atom is -0.368 e. The first-order chi connectivity index (χ1) is 14.0. The smallest absolute Gasteiger partial charge is 0.241 e. The number of benzene rings is 1. The normalized spacial score (nSPS) is 21.6. The highest BCUT2D eigenvalue weighted by Gasteiger charge is 2.36. The Bertz CT molecular complexity index is 894. The zero-order chi connectivity index (χ0) is 20.4. The van der Waals surface area contributed by atoms with E-state index in [9.17, 15) is 9.59 Å². The van der Waals surface area contributed by atoms with Crippen molar-refractivity contribution in [2.75, 3.05) is 32.7 Å². The second-order valence-corrected chi connectivity index (χ2v) is 8.30. The maximum Gasteiger partial charge on any atom is 0.241 e. The summed E-state index contributed by atoms with van der Waals surface area (Å²) in [7, 11) is 0. The van der Waals surface area contributed by atoms with Crippen LogP contribution in [-0.4, -0.2) is 76.6 Å². The molecule has 1 aromatic heterocycles. The van der Waals surface area contributed by atoms with Gasteiger partial charge in [-0.1, -0.05) is 11.6 Å². The highest BCUT2D eigenvalue weighted by atomic mass is 35.5. The summed E-state index contributed by atoms with van der Waals surface area (Å²) in [4.78, 5) is 29.0. The lowest BCUT2D eigenvalue weighted by atomic mass is 10.0. The molecule has 8 nitrogen and oxygen atoms in total. The molecule has 0 aliphatic carbocycles. The fraction of sp³-hybridized carbons (Fsp3) is 0.550. The minimum atomic E-state index is -0.564. The van der Waals surface area contributed by atoms with Gasteiger partial charge in [-0.25, -0.2) is 0 Å². The molecule has 0 radical (unpaired) electrons. The molecular formula is C20H27ClN6O2. The fourth-order valence-electron chi connectivity index (χ4n) is 4.46. The number of H-pyrrole nitrogens is 1. The van der Waals surface area contributed by atoms with Crippen LogP contribution in [0.3, 0.4) is 0 Å². The van der Waals surface area contributed by atoms with Gasteiger partial charge in [0.1, 0.15) is 6.04 Å². The summed E-state index contributed by atoms with van der Waals surface area (Å²) in [5.41, 5.74) is 7.43. The number of nitrogens with one attached hydrogen (secondary N) is 2. The molecule has 1 aromatic carbocycles. The predicted molar refractivity (Wildman–Crippen MR) is 112 cm³/mol. The maximum absolute atomic E-state index is 12.9. The van der Waals surface area contributed by atoms with E-state index in [1.54, 1.807) is 11.1 Å². The van der Waals surface area contributed by atoms with Crippen molar-refractivity contribution >= 4 is 34.3 Å². The highest BCUT2D eigenvalue weighted by molar-refractivity contribution is 6.35. The molecule has 2 aliphatic rings. The van der Waals surface area contributed by atoms with Gasteiger partial charge in [-0.15, -0.1) is 0 Å². The zero-order valence-corrected chi connectivity index (χ0v) is 17.1. The number of aromatic amines is 1. The first-order valence-corrected chi connectivity index (χ1v) is 10.6. The van der Waals surface area contributed by atoms with E-state index in [1.165, 1.54) is 0 Å². The number of nitrogens with two attached hydrogens (primary N) is 1. The number of amides is 2. The zero-order valence-electron chi connectivity index (χ0n) is 16.4. The molecule has 1 atom stereocenters. The number of aromatic nitrogens is 2. The Labute approximate surface area is 174 Å². The molecule has 2 saturated heterocycles. The van der Waals surface area contributed by atoms with Crippen LogP contribution in [0.25, 0.3) is 10.9 Å². The molecule has 0 saturated carbocycles. The lowest BCUT2D eigenvalue weighted by molar-refractivity contribution is -0.143. The number of nitrogens with zero attached hydrogens (tertiary/aromatic N) is 3. The summed E-state index contributed by atoms with van der Waals surface area (Å²) in [5, 5.41) is 11.7. The topological polar surface area (TPSA) is 107 Å². The Morgan fingerprint density at radius 3 is 2.79 bits per heavy atom. The number of hydrogen-bond acceptors (Lipinski definition) is 5.